The van der Waals surface area contributed by atoms with Gasteiger partial charge in [-0.25, -0.2) is 13.4 Å². The molecule has 1 saturated heterocycles. The second kappa shape index (κ2) is 10.4. The van der Waals surface area contributed by atoms with E-state index in [0.717, 1.165) is 54.0 Å². The summed E-state index contributed by atoms with van der Waals surface area (Å²) >= 11 is 0. The van der Waals surface area contributed by atoms with E-state index in [1.807, 2.05) is 47.2 Å². The van der Waals surface area contributed by atoms with Gasteiger partial charge in [0.15, 0.2) is 0 Å². The third-order valence-electron chi connectivity index (χ3n) is 6.95. The lowest BCUT2D eigenvalue weighted by Crippen LogP contribution is -2.26. The summed E-state index contributed by atoms with van der Waals surface area (Å²) in [7, 11) is -0.146. The van der Waals surface area contributed by atoms with Gasteiger partial charge < -0.3 is 19.9 Å². The number of hydrogen-bond acceptors (Lipinski definition) is 7. The summed E-state index contributed by atoms with van der Waals surface area (Å²) in [5.41, 5.74) is 4.35. The molecular weight excluding hydrogens is 488 g/mol. The summed E-state index contributed by atoms with van der Waals surface area (Å²) in [5.74, 6) is 1.75. The first-order valence-electron chi connectivity index (χ1n) is 12.3. The largest absolute Gasteiger partial charge is 0.495 e. The molecule has 0 unspecified atom stereocenters. The second-order valence-electron chi connectivity index (χ2n) is 9.38. The van der Waals surface area contributed by atoms with Crippen LogP contribution in [0.4, 0.5) is 17.3 Å². The van der Waals surface area contributed by atoms with Crippen LogP contribution in [0.15, 0.2) is 60.9 Å². The molecule has 9 nitrogen and oxygen atoms in total. The predicted molar refractivity (Wildman–Crippen MR) is 147 cm³/mol. The number of para-hydroxylation sites is 1. The smallest absolute Gasteiger partial charge is 0.232 e. The molecule has 10 heteroatoms. The van der Waals surface area contributed by atoms with Gasteiger partial charge in [-0.2, -0.15) is 4.98 Å². The van der Waals surface area contributed by atoms with E-state index in [-0.39, 0.29) is 0 Å². The number of ether oxygens (including phenoxy) is 1. The van der Waals surface area contributed by atoms with Gasteiger partial charge in [0.05, 0.1) is 31.3 Å². The van der Waals surface area contributed by atoms with Crippen LogP contribution >= 0.6 is 0 Å². The molecule has 0 aliphatic carbocycles. The molecule has 0 radical (unpaired) electrons. The van der Waals surface area contributed by atoms with Gasteiger partial charge in [-0.05, 0) is 67.2 Å². The molecule has 2 aromatic heterocycles. The third kappa shape index (κ3) is 5.40. The van der Waals surface area contributed by atoms with Crippen molar-refractivity contribution in [1.29, 1.82) is 0 Å². The normalized spacial score (nSPS) is 14.6. The zero-order valence-electron chi connectivity index (χ0n) is 21.3. The van der Waals surface area contributed by atoms with Gasteiger partial charge in [0.2, 0.25) is 16.0 Å². The first-order valence-corrected chi connectivity index (χ1v) is 14.2. The Balaban J connectivity index is 1.42. The van der Waals surface area contributed by atoms with Gasteiger partial charge in [-0.1, -0.05) is 24.3 Å². The topological polar surface area (TPSA) is 101 Å². The standard InChI is InChI=1S/C27H32N6O3S/c1-32(37(3,34)35)24-7-5-4-6-22(24)18-33-15-12-21-17-29-27(31-26(21)33)30-23-9-8-20(16-25(23)36-2)19-10-13-28-14-11-19/h4-9,12,15-17,19,28H,10-11,13-14,18H2,1-3H3,(H,29,30,31). The number of anilines is 3. The van der Waals surface area contributed by atoms with E-state index in [9.17, 15) is 8.42 Å². The highest BCUT2D eigenvalue weighted by molar-refractivity contribution is 7.92. The van der Waals surface area contributed by atoms with Crippen molar-refractivity contribution >= 4 is 38.4 Å². The monoisotopic (exact) mass is 520 g/mol. The molecule has 194 valence electrons. The predicted octanol–water partition coefficient (Wildman–Crippen LogP) is 4.09. The maximum atomic E-state index is 12.2. The molecule has 0 atom stereocenters. The highest BCUT2D eigenvalue weighted by Crippen LogP contribution is 2.34. The summed E-state index contributed by atoms with van der Waals surface area (Å²) in [6.07, 6.45) is 7.17. The fraction of sp³-hybridized carbons (Fsp3) is 0.333. The Morgan fingerprint density at radius 1 is 1.16 bits per heavy atom. The molecule has 2 N–H and O–H groups in total. The van der Waals surface area contributed by atoms with Gasteiger partial charge in [-0.3, -0.25) is 4.31 Å². The average molecular weight is 521 g/mol. The van der Waals surface area contributed by atoms with Crippen molar-refractivity contribution in [3.05, 3.63) is 72.1 Å². The van der Waals surface area contributed by atoms with Crippen molar-refractivity contribution in [2.45, 2.75) is 25.3 Å². The quantitative estimate of drug-likeness (QED) is 0.361. The van der Waals surface area contributed by atoms with Crippen molar-refractivity contribution in [2.75, 3.05) is 43.1 Å². The minimum Gasteiger partial charge on any atom is -0.495 e. The van der Waals surface area contributed by atoms with Gasteiger partial charge in [-0.15, -0.1) is 0 Å². The molecule has 2 aromatic carbocycles. The summed E-state index contributed by atoms with van der Waals surface area (Å²) in [5, 5.41) is 7.62. The number of aromatic nitrogens is 3. The van der Waals surface area contributed by atoms with Crippen LogP contribution in [0.1, 0.15) is 29.9 Å². The van der Waals surface area contributed by atoms with Crippen LogP contribution in [0.25, 0.3) is 11.0 Å². The van der Waals surface area contributed by atoms with Crippen molar-refractivity contribution in [2.24, 2.45) is 0 Å². The Morgan fingerprint density at radius 3 is 2.70 bits per heavy atom. The van der Waals surface area contributed by atoms with E-state index >= 15 is 0 Å². The Labute approximate surface area is 217 Å². The zero-order chi connectivity index (χ0) is 26.0. The lowest BCUT2D eigenvalue weighted by atomic mass is 9.90. The summed E-state index contributed by atoms with van der Waals surface area (Å²) in [4.78, 5) is 9.28. The van der Waals surface area contributed by atoms with Crippen LogP contribution in [0, 0.1) is 0 Å². The molecule has 3 heterocycles. The fourth-order valence-electron chi connectivity index (χ4n) is 4.81. The van der Waals surface area contributed by atoms with Gasteiger partial charge in [0.1, 0.15) is 11.4 Å². The number of piperidine rings is 1. The molecule has 4 aromatic rings. The lowest BCUT2D eigenvalue weighted by Gasteiger charge is -2.24. The molecule has 5 rings (SSSR count). The average Bonchev–Trinajstić information content (AvgIpc) is 3.30. The Hall–Kier alpha value is -3.63. The Morgan fingerprint density at radius 2 is 1.95 bits per heavy atom. The number of rotatable bonds is 8. The minimum atomic E-state index is -3.38. The fourth-order valence-corrected chi connectivity index (χ4v) is 5.35. The van der Waals surface area contributed by atoms with E-state index in [0.29, 0.717) is 24.1 Å². The van der Waals surface area contributed by atoms with Crippen LogP contribution in [-0.2, 0) is 16.6 Å². The third-order valence-corrected chi connectivity index (χ3v) is 8.15. The van der Waals surface area contributed by atoms with Crippen LogP contribution in [0.5, 0.6) is 5.75 Å². The van der Waals surface area contributed by atoms with E-state index < -0.39 is 10.0 Å². The van der Waals surface area contributed by atoms with Crippen molar-refractivity contribution < 1.29 is 13.2 Å². The number of benzene rings is 2. The molecule has 1 fully saturated rings. The highest BCUT2D eigenvalue weighted by Gasteiger charge is 2.18. The molecule has 0 spiro atoms. The number of sulfonamides is 1. The lowest BCUT2D eigenvalue weighted by molar-refractivity contribution is 0.413. The minimum absolute atomic E-state index is 0.460. The maximum Gasteiger partial charge on any atom is 0.232 e. The molecule has 0 amide bonds. The summed E-state index contributed by atoms with van der Waals surface area (Å²) in [6.45, 7) is 2.54. The van der Waals surface area contributed by atoms with Crippen LogP contribution in [-0.4, -0.2) is 56.5 Å². The van der Waals surface area contributed by atoms with E-state index in [2.05, 4.69) is 27.8 Å². The van der Waals surface area contributed by atoms with Crippen LogP contribution in [0.2, 0.25) is 0 Å². The molecule has 37 heavy (non-hydrogen) atoms. The SMILES string of the molecule is COc1cc(C2CCNCC2)ccc1Nc1ncc2ccn(Cc3ccccc3N(C)S(C)(=O)=O)c2n1. The second-order valence-corrected chi connectivity index (χ2v) is 11.4. The number of hydrogen-bond donors (Lipinski definition) is 2. The first-order chi connectivity index (χ1) is 17.8. The highest BCUT2D eigenvalue weighted by atomic mass is 32.2. The molecule has 1 aliphatic rings. The van der Waals surface area contributed by atoms with Gasteiger partial charge >= 0.3 is 0 Å². The van der Waals surface area contributed by atoms with Crippen LogP contribution < -0.4 is 19.7 Å². The van der Waals surface area contributed by atoms with Gasteiger partial charge in [0.25, 0.3) is 0 Å². The first kappa shape index (κ1) is 25.0. The van der Waals surface area contributed by atoms with Crippen molar-refractivity contribution in [3.63, 3.8) is 0 Å². The van der Waals surface area contributed by atoms with Gasteiger partial charge in [0, 0.05) is 24.8 Å². The Kier molecular flexibility index (Phi) is 7.03. The summed E-state index contributed by atoms with van der Waals surface area (Å²) in [6, 6.07) is 15.7. The number of nitrogens with zero attached hydrogens (tertiary/aromatic N) is 4. The van der Waals surface area contributed by atoms with E-state index in [4.69, 9.17) is 9.72 Å². The van der Waals surface area contributed by atoms with Crippen molar-refractivity contribution in [1.82, 2.24) is 19.9 Å². The summed E-state index contributed by atoms with van der Waals surface area (Å²) < 4.78 is 33.3. The molecule has 0 bridgehead atoms. The molecule has 1 aliphatic heterocycles. The van der Waals surface area contributed by atoms with Crippen LogP contribution in [0.3, 0.4) is 0 Å². The number of methoxy groups -OCH3 is 1. The zero-order valence-corrected chi connectivity index (χ0v) is 22.1. The van der Waals surface area contributed by atoms with E-state index in [1.165, 1.54) is 16.1 Å². The van der Waals surface area contributed by atoms with Crippen molar-refractivity contribution in [3.8, 4) is 5.75 Å². The number of nitrogens with one attached hydrogen (secondary N) is 2. The molecular formula is C27H32N6O3S. The molecule has 0 saturated carbocycles. The Bertz CT molecular complexity index is 1510. The van der Waals surface area contributed by atoms with E-state index in [1.54, 1.807) is 20.4 Å². The maximum absolute atomic E-state index is 12.2. The number of fused-ring (bicyclic) bond motifs is 1.